The van der Waals surface area contributed by atoms with Crippen molar-refractivity contribution in [3.05, 3.63) is 164 Å². The van der Waals surface area contributed by atoms with Crippen LogP contribution >= 0.6 is 11.3 Å². The zero-order valence-electron chi connectivity index (χ0n) is 26.8. The monoisotopic (exact) mass is 657 g/mol. The number of fused-ring (bicyclic) bond motifs is 11. The Labute approximate surface area is 290 Å². The fourth-order valence-electron chi connectivity index (χ4n) is 7.75. The van der Waals surface area contributed by atoms with E-state index in [-0.39, 0.29) is 0 Å². The molecule has 0 amide bonds. The van der Waals surface area contributed by atoms with Gasteiger partial charge in [0, 0.05) is 47.4 Å². The predicted molar refractivity (Wildman–Crippen MR) is 212 cm³/mol. The van der Waals surface area contributed by atoms with Crippen LogP contribution in [0.25, 0.3) is 85.9 Å². The minimum absolute atomic E-state index is 0.850. The van der Waals surface area contributed by atoms with Crippen molar-refractivity contribution in [2.75, 3.05) is 4.90 Å². The molecule has 0 fully saturated rings. The van der Waals surface area contributed by atoms with E-state index in [9.17, 15) is 0 Å². The maximum absolute atomic E-state index is 6.65. The first-order valence-electron chi connectivity index (χ1n) is 16.8. The van der Waals surface area contributed by atoms with Gasteiger partial charge in [-0.1, -0.05) is 109 Å². The third kappa shape index (κ3) is 4.03. The van der Waals surface area contributed by atoms with Crippen LogP contribution in [0.5, 0.6) is 0 Å². The van der Waals surface area contributed by atoms with E-state index in [2.05, 4.69) is 157 Å². The smallest absolute Gasteiger partial charge is 0.159 e. The van der Waals surface area contributed by atoms with Gasteiger partial charge in [-0.15, -0.1) is 11.3 Å². The topological polar surface area (TPSA) is 29.5 Å². The van der Waals surface area contributed by atoms with E-state index in [1.165, 1.54) is 31.3 Å². The van der Waals surface area contributed by atoms with Crippen molar-refractivity contribution in [2.45, 2.75) is 0 Å². The molecule has 3 nitrogen and oxygen atoms in total. The Bertz CT molecular complexity index is 3110. The van der Waals surface area contributed by atoms with Crippen molar-refractivity contribution in [3.8, 4) is 11.1 Å². The molecule has 234 valence electrons. The Morgan fingerprint density at radius 3 is 1.98 bits per heavy atom. The zero-order chi connectivity index (χ0) is 32.8. The number of nitrogens with zero attached hydrogens (tertiary/aromatic N) is 1. The second-order valence-corrected chi connectivity index (χ2v) is 13.9. The molecule has 0 aliphatic carbocycles. The molecule has 11 rings (SSSR count). The van der Waals surface area contributed by atoms with Crippen molar-refractivity contribution in [2.24, 2.45) is 0 Å². The number of furan rings is 2. The molecule has 4 heteroatoms. The van der Waals surface area contributed by atoms with Crippen LogP contribution < -0.4 is 4.90 Å². The van der Waals surface area contributed by atoms with Crippen molar-refractivity contribution in [1.29, 1.82) is 0 Å². The van der Waals surface area contributed by atoms with Crippen molar-refractivity contribution in [3.63, 3.8) is 0 Å². The van der Waals surface area contributed by atoms with Crippen molar-refractivity contribution >= 4 is 103 Å². The molecular weight excluding hydrogens is 631 g/mol. The number of thiophene rings is 1. The first kappa shape index (κ1) is 27.6. The van der Waals surface area contributed by atoms with E-state index in [4.69, 9.17) is 8.83 Å². The Hall–Kier alpha value is -6.36. The number of rotatable bonds is 4. The maximum Gasteiger partial charge on any atom is 0.159 e. The van der Waals surface area contributed by atoms with Crippen LogP contribution in [0.3, 0.4) is 0 Å². The van der Waals surface area contributed by atoms with Gasteiger partial charge in [-0.2, -0.15) is 0 Å². The lowest BCUT2D eigenvalue weighted by Gasteiger charge is -2.26. The van der Waals surface area contributed by atoms with Gasteiger partial charge in [0.15, 0.2) is 5.58 Å². The summed E-state index contributed by atoms with van der Waals surface area (Å²) in [6.07, 6.45) is 0. The van der Waals surface area contributed by atoms with Crippen molar-refractivity contribution < 1.29 is 8.83 Å². The quantitative estimate of drug-likeness (QED) is 0.189. The molecule has 0 radical (unpaired) electrons. The summed E-state index contributed by atoms with van der Waals surface area (Å²) in [5.74, 6) is 0. The largest absolute Gasteiger partial charge is 0.455 e. The summed E-state index contributed by atoms with van der Waals surface area (Å²) in [6, 6.07) is 58.3. The lowest BCUT2D eigenvalue weighted by Crippen LogP contribution is -2.10. The highest BCUT2D eigenvalue weighted by atomic mass is 32.1. The molecular formula is C46H27NO2S. The number of para-hydroxylation sites is 2. The summed E-state index contributed by atoms with van der Waals surface area (Å²) in [5.41, 5.74) is 8.90. The van der Waals surface area contributed by atoms with Crippen LogP contribution in [-0.4, -0.2) is 0 Å². The average Bonchev–Trinajstić information content (AvgIpc) is 3.87. The minimum atomic E-state index is 0.850. The third-order valence-electron chi connectivity index (χ3n) is 10.1. The highest BCUT2D eigenvalue weighted by Gasteiger charge is 2.23. The first-order valence-corrected chi connectivity index (χ1v) is 17.7. The van der Waals surface area contributed by atoms with Gasteiger partial charge in [0.2, 0.25) is 0 Å². The second kappa shape index (κ2) is 10.6. The van der Waals surface area contributed by atoms with Crippen LogP contribution in [-0.2, 0) is 0 Å². The highest BCUT2D eigenvalue weighted by molar-refractivity contribution is 7.25. The molecule has 0 bridgehead atoms. The summed E-state index contributed by atoms with van der Waals surface area (Å²) in [7, 11) is 0. The van der Waals surface area contributed by atoms with Crippen LogP contribution in [0.4, 0.5) is 17.1 Å². The van der Waals surface area contributed by atoms with Gasteiger partial charge in [0.1, 0.15) is 16.7 Å². The molecule has 0 saturated heterocycles. The van der Waals surface area contributed by atoms with Gasteiger partial charge < -0.3 is 13.7 Å². The molecule has 0 aliphatic rings. The second-order valence-electron chi connectivity index (χ2n) is 12.9. The SMILES string of the molecule is c1ccc2c(c1)ccc1c2oc2cccc(N(c3ccc(-c4ccc5c(c4)sc4ccccc45)cc3)c3cccc4c3oc3ccccc34)c21. The standard InChI is InChI=1S/C46H27NO2S/c1-2-10-32-29(9-1)21-26-37-44-38(14-8-17-41(44)49-45(32)37)47(39-15-7-13-36-33-11-3-5-16-40(33)48-46(36)39)31-23-19-28(20-24-31)30-22-25-35-34-12-4-6-18-42(34)50-43(35)27-30/h1-27H. The molecule has 8 aromatic carbocycles. The van der Waals surface area contributed by atoms with Crippen LogP contribution in [0.2, 0.25) is 0 Å². The Morgan fingerprint density at radius 2 is 1.06 bits per heavy atom. The summed E-state index contributed by atoms with van der Waals surface area (Å²) in [4.78, 5) is 2.33. The van der Waals surface area contributed by atoms with Gasteiger partial charge in [-0.3, -0.25) is 0 Å². The Morgan fingerprint density at radius 1 is 0.400 bits per heavy atom. The van der Waals surface area contributed by atoms with Gasteiger partial charge in [-0.05, 0) is 71.1 Å². The normalized spacial score (nSPS) is 12.0. The molecule has 11 aromatic rings. The van der Waals surface area contributed by atoms with E-state index in [0.29, 0.717) is 0 Å². The molecule has 0 spiro atoms. The molecule has 0 unspecified atom stereocenters. The molecule has 0 aliphatic heterocycles. The molecule has 0 N–H and O–H groups in total. The van der Waals surface area contributed by atoms with Crippen LogP contribution in [0.1, 0.15) is 0 Å². The van der Waals surface area contributed by atoms with E-state index in [0.717, 1.165) is 71.7 Å². The molecule has 3 aromatic heterocycles. The summed E-state index contributed by atoms with van der Waals surface area (Å²) < 4.78 is 15.9. The van der Waals surface area contributed by atoms with Crippen LogP contribution in [0, 0.1) is 0 Å². The van der Waals surface area contributed by atoms with Gasteiger partial charge in [0.05, 0.1) is 16.8 Å². The molecule has 0 saturated carbocycles. The van der Waals surface area contributed by atoms with Crippen molar-refractivity contribution in [1.82, 2.24) is 0 Å². The lowest BCUT2D eigenvalue weighted by atomic mass is 10.0. The summed E-state index contributed by atoms with van der Waals surface area (Å²) in [5, 5.41) is 9.25. The van der Waals surface area contributed by atoms with E-state index < -0.39 is 0 Å². The lowest BCUT2D eigenvalue weighted by molar-refractivity contribution is 0.669. The average molecular weight is 658 g/mol. The molecule has 50 heavy (non-hydrogen) atoms. The predicted octanol–water partition coefficient (Wildman–Crippen LogP) is 14.1. The van der Waals surface area contributed by atoms with Crippen LogP contribution in [0.15, 0.2) is 173 Å². The highest BCUT2D eigenvalue weighted by Crippen LogP contribution is 2.47. The summed E-state index contributed by atoms with van der Waals surface area (Å²) >= 11 is 1.85. The number of hydrogen-bond donors (Lipinski definition) is 0. The molecule has 0 atom stereocenters. The first-order chi connectivity index (χ1) is 24.8. The van der Waals surface area contributed by atoms with Gasteiger partial charge in [0.25, 0.3) is 0 Å². The van der Waals surface area contributed by atoms with E-state index in [1.54, 1.807) is 0 Å². The van der Waals surface area contributed by atoms with E-state index >= 15 is 0 Å². The number of anilines is 3. The Kier molecular flexibility index (Phi) is 5.83. The fourth-order valence-corrected chi connectivity index (χ4v) is 8.89. The van der Waals surface area contributed by atoms with Gasteiger partial charge in [-0.25, -0.2) is 0 Å². The van der Waals surface area contributed by atoms with Gasteiger partial charge >= 0.3 is 0 Å². The summed E-state index contributed by atoms with van der Waals surface area (Å²) in [6.45, 7) is 0. The number of benzene rings is 8. The zero-order valence-corrected chi connectivity index (χ0v) is 27.6. The van der Waals surface area contributed by atoms with E-state index in [1.807, 2.05) is 23.5 Å². The fraction of sp³-hybridized carbons (Fsp3) is 0. The Balaban J connectivity index is 1.13. The molecule has 3 heterocycles. The third-order valence-corrected chi connectivity index (χ3v) is 11.2. The minimum Gasteiger partial charge on any atom is -0.455 e. The number of hydrogen-bond acceptors (Lipinski definition) is 4. The maximum atomic E-state index is 6.65.